The molecule has 2 heteroatoms. The molecule has 0 aliphatic heterocycles. The standard InChI is InChI=1S/C45H35NS/c1-34-41(44(35-20-8-2-9-21-35,36-22-10-3-11-23-36)37-24-12-4-13-25-37)43-46(32-33-47-43)42(34)45(38-26-14-5-15-27-38,39-28-16-6-17-29-39)40-30-18-7-19-31-40/h2-33H,1H3. The summed E-state index contributed by atoms with van der Waals surface area (Å²) in [5.41, 5.74) is 10.2. The number of aromatic nitrogens is 1. The van der Waals surface area contributed by atoms with E-state index in [0.29, 0.717) is 0 Å². The van der Waals surface area contributed by atoms with Gasteiger partial charge < -0.3 is 4.40 Å². The Balaban J connectivity index is 1.60. The molecule has 8 rings (SSSR count). The first-order valence-electron chi connectivity index (χ1n) is 16.2. The van der Waals surface area contributed by atoms with Gasteiger partial charge in [-0.05, 0) is 45.9 Å². The molecule has 0 saturated heterocycles. The van der Waals surface area contributed by atoms with Crippen molar-refractivity contribution in [2.75, 3.05) is 0 Å². The van der Waals surface area contributed by atoms with Crippen LogP contribution in [0.1, 0.15) is 50.2 Å². The van der Waals surface area contributed by atoms with Crippen molar-refractivity contribution in [3.05, 3.63) is 244 Å². The molecule has 226 valence electrons. The lowest BCUT2D eigenvalue weighted by Gasteiger charge is -2.39. The monoisotopic (exact) mass is 621 g/mol. The van der Waals surface area contributed by atoms with Crippen LogP contribution in [0.3, 0.4) is 0 Å². The van der Waals surface area contributed by atoms with Gasteiger partial charge >= 0.3 is 0 Å². The number of thiazole rings is 1. The molecule has 0 spiro atoms. The van der Waals surface area contributed by atoms with E-state index < -0.39 is 10.8 Å². The highest BCUT2D eigenvalue weighted by Crippen LogP contribution is 2.54. The van der Waals surface area contributed by atoms with Crippen LogP contribution in [0.5, 0.6) is 0 Å². The normalized spacial score (nSPS) is 11.9. The van der Waals surface area contributed by atoms with Crippen LogP contribution < -0.4 is 0 Å². The molecule has 1 nitrogen and oxygen atoms in total. The quantitative estimate of drug-likeness (QED) is 0.149. The average Bonchev–Trinajstić information content (AvgIpc) is 3.73. The molecular weight excluding hydrogens is 587 g/mol. The molecule has 0 fully saturated rings. The van der Waals surface area contributed by atoms with E-state index in [4.69, 9.17) is 0 Å². The fourth-order valence-electron chi connectivity index (χ4n) is 7.97. The summed E-state index contributed by atoms with van der Waals surface area (Å²) in [5.74, 6) is 0. The third kappa shape index (κ3) is 4.44. The molecule has 0 N–H and O–H groups in total. The number of fused-ring (bicyclic) bond motifs is 1. The highest BCUT2D eigenvalue weighted by atomic mass is 32.1. The SMILES string of the molecule is Cc1c(C(c2ccccc2)(c2ccccc2)c2ccccc2)c2sccn2c1C(c1ccccc1)(c1ccccc1)c1ccccc1. The lowest BCUT2D eigenvalue weighted by molar-refractivity contribution is 0.696. The van der Waals surface area contributed by atoms with Gasteiger partial charge in [-0.1, -0.05) is 182 Å². The van der Waals surface area contributed by atoms with Crippen LogP contribution in [-0.2, 0) is 10.8 Å². The van der Waals surface area contributed by atoms with Crippen LogP contribution in [-0.4, -0.2) is 4.40 Å². The molecule has 0 unspecified atom stereocenters. The van der Waals surface area contributed by atoms with Crippen molar-refractivity contribution >= 4 is 16.2 Å². The molecule has 47 heavy (non-hydrogen) atoms. The van der Waals surface area contributed by atoms with Gasteiger partial charge in [-0.15, -0.1) is 11.3 Å². The second-order valence-corrected chi connectivity index (χ2v) is 13.0. The number of hydrogen-bond donors (Lipinski definition) is 0. The molecule has 0 aliphatic carbocycles. The zero-order chi connectivity index (χ0) is 31.7. The summed E-state index contributed by atoms with van der Waals surface area (Å²) >= 11 is 1.82. The third-order valence-electron chi connectivity index (χ3n) is 9.76. The van der Waals surface area contributed by atoms with E-state index in [0.717, 1.165) is 0 Å². The topological polar surface area (TPSA) is 4.41 Å². The first-order chi connectivity index (χ1) is 23.3. The smallest absolute Gasteiger partial charge is 0.104 e. The van der Waals surface area contributed by atoms with Gasteiger partial charge in [0.1, 0.15) is 4.83 Å². The maximum Gasteiger partial charge on any atom is 0.104 e. The van der Waals surface area contributed by atoms with Crippen LogP contribution in [0.4, 0.5) is 0 Å². The Morgan fingerprint density at radius 2 is 0.702 bits per heavy atom. The van der Waals surface area contributed by atoms with Crippen LogP contribution >= 0.6 is 11.3 Å². The van der Waals surface area contributed by atoms with Gasteiger partial charge in [-0.3, -0.25) is 0 Å². The lowest BCUT2D eigenvalue weighted by atomic mass is 9.62. The Hall–Kier alpha value is -5.44. The van der Waals surface area contributed by atoms with Crippen LogP contribution in [0.15, 0.2) is 194 Å². The fourth-order valence-corrected chi connectivity index (χ4v) is 8.97. The first kappa shape index (κ1) is 29.0. The van der Waals surface area contributed by atoms with Crippen molar-refractivity contribution in [3.8, 4) is 0 Å². The van der Waals surface area contributed by atoms with Crippen LogP contribution in [0.25, 0.3) is 4.83 Å². The van der Waals surface area contributed by atoms with Crippen molar-refractivity contribution < 1.29 is 0 Å². The maximum atomic E-state index is 2.49. The van der Waals surface area contributed by atoms with Crippen molar-refractivity contribution in [3.63, 3.8) is 0 Å². The predicted molar refractivity (Wildman–Crippen MR) is 197 cm³/mol. The van der Waals surface area contributed by atoms with E-state index >= 15 is 0 Å². The summed E-state index contributed by atoms with van der Waals surface area (Å²) in [6, 6.07) is 66.4. The Labute approximate surface area is 281 Å². The van der Waals surface area contributed by atoms with Gasteiger partial charge in [-0.2, -0.15) is 0 Å². The van der Waals surface area contributed by atoms with E-state index in [2.05, 4.69) is 205 Å². The molecule has 0 saturated carbocycles. The molecule has 0 bridgehead atoms. The molecule has 0 aliphatic rings. The average molecular weight is 622 g/mol. The molecule has 8 aromatic rings. The summed E-state index contributed by atoms with van der Waals surface area (Å²) in [7, 11) is 0. The zero-order valence-corrected chi connectivity index (χ0v) is 27.1. The van der Waals surface area contributed by atoms with Crippen LogP contribution in [0, 0.1) is 6.92 Å². The molecule has 0 radical (unpaired) electrons. The number of hydrogen-bond acceptors (Lipinski definition) is 1. The van der Waals surface area contributed by atoms with Crippen LogP contribution in [0.2, 0.25) is 0 Å². The zero-order valence-electron chi connectivity index (χ0n) is 26.3. The Morgan fingerprint density at radius 1 is 0.404 bits per heavy atom. The Kier molecular flexibility index (Phi) is 7.44. The van der Waals surface area contributed by atoms with E-state index in [1.165, 1.54) is 55.0 Å². The number of nitrogens with zero attached hydrogens (tertiary/aromatic N) is 1. The summed E-state index contributed by atoms with van der Waals surface area (Å²) < 4.78 is 2.49. The molecule has 0 amide bonds. The van der Waals surface area contributed by atoms with E-state index in [9.17, 15) is 0 Å². The van der Waals surface area contributed by atoms with Gasteiger partial charge in [-0.25, -0.2) is 0 Å². The highest BCUT2D eigenvalue weighted by Gasteiger charge is 2.48. The van der Waals surface area contributed by atoms with Gasteiger partial charge in [0.05, 0.1) is 10.8 Å². The van der Waals surface area contributed by atoms with Gasteiger partial charge in [0, 0.05) is 22.8 Å². The van der Waals surface area contributed by atoms with Gasteiger partial charge in [0.25, 0.3) is 0 Å². The molecule has 2 aromatic heterocycles. The van der Waals surface area contributed by atoms with Crippen molar-refractivity contribution in [2.24, 2.45) is 0 Å². The van der Waals surface area contributed by atoms with Gasteiger partial charge in [0.15, 0.2) is 0 Å². The number of rotatable bonds is 8. The minimum atomic E-state index is -0.591. The summed E-state index contributed by atoms with van der Waals surface area (Å²) in [6.45, 7) is 2.36. The highest BCUT2D eigenvalue weighted by molar-refractivity contribution is 7.15. The fraction of sp³-hybridized carbons (Fsp3) is 0.0667. The van der Waals surface area contributed by atoms with Crippen molar-refractivity contribution in [1.29, 1.82) is 0 Å². The van der Waals surface area contributed by atoms with Crippen molar-refractivity contribution in [2.45, 2.75) is 17.8 Å². The third-order valence-corrected chi connectivity index (χ3v) is 10.6. The Morgan fingerprint density at radius 3 is 1.02 bits per heavy atom. The number of benzene rings is 6. The molecular formula is C45H35NS. The minimum Gasteiger partial charge on any atom is -0.310 e. The molecule has 2 heterocycles. The Bertz CT molecular complexity index is 1860. The summed E-state index contributed by atoms with van der Waals surface area (Å²) in [5, 5.41) is 2.25. The predicted octanol–water partition coefficient (Wildman–Crippen LogP) is 11.1. The lowest BCUT2D eigenvalue weighted by Crippen LogP contribution is -2.34. The minimum absolute atomic E-state index is 0.571. The van der Waals surface area contributed by atoms with E-state index in [1.54, 1.807) is 0 Å². The van der Waals surface area contributed by atoms with E-state index in [-0.39, 0.29) is 0 Å². The second-order valence-electron chi connectivity index (χ2n) is 12.1. The first-order valence-corrected chi connectivity index (χ1v) is 17.1. The van der Waals surface area contributed by atoms with Crippen molar-refractivity contribution in [1.82, 2.24) is 4.40 Å². The largest absolute Gasteiger partial charge is 0.310 e. The molecule has 6 aromatic carbocycles. The van der Waals surface area contributed by atoms with Gasteiger partial charge in [0.2, 0.25) is 0 Å². The molecule has 0 atom stereocenters. The summed E-state index contributed by atoms with van der Waals surface area (Å²) in [6.07, 6.45) is 2.28. The maximum absolute atomic E-state index is 2.49. The summed E-state index contributed by atoms with van der Waals surface area (Å²) in [4.78, 5) is 1.25. The second kappa shape index (κ2) is 12.1. The van der Waals surface area contributed by atoms with E-state index in [1.807, 2.05) is 11.3 Å².